The summed E-state index contributed by atoms with van der Waals surface area (Å²) in [5.41, 5.74) is 5.07. The van der Waals surface area contributed by atoms with E-state index in [2.05, 4.69) is 4.72 Å². The quantitative estimate of drug-likeness (QED) is 0.330. The van der Waals surface area contributed by atoms with Crippen molar-refractivity contribution in [1.82, 2.24) is 0 Å². The molecule has 25 heavy (non-hydrogen) atoms. The summed E-state index contributed by atoms with van der Waals surface area (Å²) in [6, 6.07) is 7.65. The first-order chi connectivity index (χ1) is 11.4. The molecule has 0 bridgehead atoms. The summed E-state index contributed by atoms with van der Waals surface area (Å²) in [5, 5.41) is 21.5. The van der Waals surface area contributed by atoms with Crippen molar-refractivity contribution in [2.45, 2.75) is 31.1 Å². The number of nitro groups is 1. The van der Waals surface area contributed by atoms with Gasteiger partial charge in [0.15, 0.2) is 0 Å². The molecule has 0 heterocycles. The maximum atomic E-state index is 12.4. The topological polar surface area (TPSA) is 136 Å². The van der Waals surface area contributed by atoms with Gasteiger partial charge in [-0.1, -0.05) is 20.8 Å². The molecule has 134 valence electrons. The van der Waals surface area contributed by atoms with Crippen LogP contribution in [0, 0.1) is 10.1 Å². The first-order valence-electron chi connectivity index (χ1n) is 7.32. The molecule has 0 amide bonds. The number of nitro benzene ring substituents is 1. The third-order valence-corrected chi connectivity index (χ3v) is 4.93. The van der Waals surface area contributed by atoms with E-state index in [0.717, 1.165) is 6.07 Å². The number of sulfonamides is 1. The zero-order valence-corrected chi connectivity index (χ0v) is 14.8. The standard InChI is InChI=1S/C16H19N3O5S/c1-16(2,3)12-8-15(20)13(9-14(12)19(21)22)18-25(23,24)11-6-4-10(17)5-7-11/h4-9,18,20H,17H2,1-3H3. The lowest BCUT2D eigenvalue weighted by Crippen LogP contribution is -2.16. The van der Waals surface area contributed by atoms with Gasteiger partial charge in [-0.2, -0.15) is 0 Å². The highest BCUT2D eigenvalue weighted by molar-refractivity contribution is 7.92. The molecular formula is C16H19N3O5S. The van der Waals surface area contributed by atoms with Crippen LogP contribution in [0.3, 0.4) is 0 Å². The number of rotatable bonds is 4. The van der Waals surface area contributed by atoms with E-state index in [-0.39, 0.29) is 16.3 Å². The molecule has 2 aromatic rings. The fourth-order valence-electron chi connectivity index (χ4n) is 2.26. The van der Waals surface area contributed by atoms with Crippen molar-refractivity contribution in [1.29, 1.82) is 0 Å². The Morgan fingerprint density at radius 2 is 1.72 bits per heavy atom. The summed E-state index contributed by atoms with van der Waals surface area (Å²) >= 11 is 0. The van der Waals surface area contributed by atoms with E-state index in [9.17, 15) is 23.6 Å². The number of anilines is 2. The Kier molecular flexibility index (Phi) is 4.63. The number of nitrogens with two attached hydrogens (primary N) is 1. The highest BCUT2D eigenvalue weighted by atomic mass is 32.2. The van der Waals surface area contributed by atoms with E-state index in [1.54, 1.807) is 20.8 Å². The Hall–Kier alpha value is -2.81. The van der Waals surface area contributed by atoms with Crippen molar-refractivity contribution in [2.24, 2.45) is 0 Å². The van der Waals surface area contributed by atoms with Gasteiger partial charge in [-0.15, -0.1) is 0 Å². The third-order valence-electron chi connectivity index (χ3n) is 3.55. The van der Waals surface area contributed by atoms with E-state index >= 15 is 0 Å². The van der Waals surface area contributed by atoms with Crippen LogP contribution in [0.4, 0.5) is 17.1 Å². The lowest BCUT2D eigenvalue weighted by molar-refractivity contribution is -0.385. The normalized spacial score (nSPS) is 12.0. The number of nitrogens with one attached hydrogen (secondary N) is 1. The molecule has 0 saturated carbocycles. The van der Waals surface area contributed by atoms with Gasteiger partial charge in [0.1, 0.15) is 5.75 Å². The fourth-order valence-corrected chi connectivity index (χ4v) is 3.33. The molecule has 0 aliphatic carbocycles. The highest BCUT2D eigenvalue weighted by Crippen LogP contribution is 2.39. The summed E-state index contributed by atoms with van der Waals surface area (Å²) in [7, 11) is -4.03. The minimum Gasteiger partial charge on any atom is -0.506 e. The second-order valence-corrected chi connectivity index (χ2v) is 8.25. The van der Waals surface area contributed by atoms with Crippen LogP contribution in [0.15, 0.2) is 41.3 Å². The largest absolute Gasteiger partial charge is 0.506 e. The monoisotopic (exact) mass is 365 g/mol. The molecule has 0 saturated heterocycles. The third kappa shape index (κ3) is 4.00. The number of phenols is 1. The number of nitrogens with zero attached hydrogens (tertiary/aromatic N) is 1. The molecule has 8 nitrogen and oxygen atoms in total. The number of phenolic OH excluding ortho intramolecular Hbond substituents is 1. The summed E-state index contributed by atoms with van der Waals surface area (Å²) in [5.74, 6) is -0.394. The van der Waals surface area contributed by atoms with Crippen LogP contribution in [0.2, 0.25) is 0 Å². The molecule has 0 spiro atoms. The Bertz CT molecular complexity index is 916. The Balaban J connectivity index is 2.51. The van der Waals surface area contributed by atoms with Gasteiger partial charge in [0.05, 0.1) is 15.5 Å². The number of hydrogen-bond acceptors (Lipinski definition) is 6. The number of nitrogen functional groups attached to an aromatic ring is 1. The van der Waals surface area contributed by atoms with Crippen LogP contribution in [0.1, 0.15) is 26.3 Å². The van der Waals surface area contributed by atoms with Crippen molar-refractivity contribution in [2.75, 3.05) is 10.5 Å². The molecular weight excluding hydrogens is 346 g/mol. The van der Waals surface area contributed by atoms with E-state index in [4.69, 9.17) is 5.73 Å². The van der Waals surface area contributed by atoms with Crippen LogP contribution in [-0.4, -0.2) is 18.4 Å². The van der Waals surface area contributed by atoms with Crippen molar-refractivity contribution < 1.29 is 18.4 Å². The van der Waals surface area contributed by atoms with Gasteiger partial charge in [0.2, 0.25) is 0 Å². The Morgan fingerprint density at radius 3 is 2.20 bits per heavy atom. The van der Waals surface area contributed by atoms with E-state index in [0.29, 0.717) is 11.3 Å². The van der Waals surface area contributed by atoms with Crippen LogP contribution in [0.25, 0.3) is 0 Å². The molecule has 0 fully saturated rings. The van der Waals surface area contributed by atoms with Gasteiger partial charge in [-0.25, -0.2) is 8.42 Å². The smallest absolute Gasteiger partial charge is 0.275 e. The number of hydrogen-bond donors (Lipinski definition) is 3. The van der Waals surface area contributed by atoms with Crippen molar-refractivity contribution in [3.05, 3.63) is 52.1 Å². The fraction of sp³-hybridized carbons (Fsp3) is 0.250. The lowest BCUT2D eigenvalue weighted by atomic mass is 9.85. The van der Waals surface area contributed by atoms with Crippen molar-refractivity contribution >= 4 is 27.1 Å². The minimum atomic E-state index is -4.03. The van der Waals surface area contributed by atoms with Gasteiger partial charge in [0.25, 0.3) is 15.7 Å². The zero-order valence-electron chi connectivity index (χ0n) is 14.0. The molecule has 0 radical (unpaired) electrons. The molecule has 2 aromatic carbocycles. The predicted molar refractivity (Wildman–Crippen MR) is 95.1 cm³/mol. The van der Waals surface area contributed by atoms with Crippen LogP contribution >= 0.6 is 0 Å². The first kappa shape index (κ1) is 18.5. The molecule has 2 rings (SSSR count). The van der Waals surface area contributed by atoms with Gasteiger partial charge < -0.3 is 10.8 Å². The Labute approximate surface area is 145 Å². The Morgan fingerprint density at radius 1 is 1.16 bits per heavy atom. The maximum absolute atomic E-state index is 12.4. The second kappa shape index (κ2) is 6.25. The molecule has 0 aliphatic rings. The van der Waals surface area contributed by atoms with E-state index < -0.39 is 26.1 Å². The van der Waals surface area contributed by atoms with E-state index in [1.807, 2.05) is 0 Å². The second-order valence-electron chi connectivity index (χ2n) is 6.57. The van der Waals surface area contributed by atoms with Gasteiger partial charge in [-0.05, 0) is 35.7 Å². The van der Waals surface area contributed by atoms with Crippen LogP contribution < -0.4 is 10.5 Å². The first-order valence-corrected chi connectivity index (χ1v) is 8.80. The predicted octanol–water partition coefficient (Wildman–Crippen LogP) is 2.98. The van der Waals surface area contributed by atoms with E-state index in [1.165, 1.54) is 30.3 Å². The van der Waals surface area contributed by atoms with Gasteiger partial charge in [0, 0.05) is 17.3 Å². The maximum Gasteiger partial charge on any atom is 0.275 e. The molecule has 4 N–H and O–H groups in total. The van der Waals surface area contributed by atoms with Crippen molar-refractivity contribution in [3.8, 4) is 5.75 Å². The average Bonchev–Trinajstić information content (AvgIpc) is 2.48. The number of benzene rings is 2. The molecule has 0 unspecified atom stereocenters. The summed E-state index contributed by atoms with van der Waals surface area (Å²) in [6.07, 6.45) is 0. The van der Waals surface area contributed by atoms with Crippen LogP contribution in [0.5, 0.6) is 5.75 Å². The molecule has 0 atom stereocenters. The van der Waals surface area contributed by atoms with Gasteiger partial charge in [-0.3, -0.25) is 14.8 Å². The SMILES string of the molecule is CC(C)(C)c1cc(O)c(NS(=O)(=O)c2ccc(N)cc2)cc1[N+](=O)[O-]. The number of aromatic hydroxyl groups is 1. The lowest BCUT2D eigenvalue weighted by Gasteiger charge is -2.20. The molecule has 9 heteroatoms. The molecule has 0 aromatic heterocycles. The summed E-state index contributed by atoms with van der Waals surface area (Å²) in [4.78, 5) is 10.6. The minimum absolute atomic E-state index is 0.0800. The highest BCUT2D eigenvalue weighted by Gasteiger charge is 2.28. The molecule has 0 aliphatic heterocycles. The average molecular weight is 365 g/mol. The summed E-state index contributed by atoms with van der Waals surface area (Å²) < 4.78 is 27.0. The zero-order chi connectivity index (χ0) is 19.0. The van der Waals surface area contributed by atoms with Crippen molar-refractivity contribution in [3.63, 3.8) is 0 Å². The van der Waals surface area contributed by atoms with Gasteiger partial charge >= 0.3 is 0 Å². The summed E-state index contributed by atoms with van der Waals surface area (Å²) in [6.45, 7) is 5.27. The van der Waals surface area contributed by atoms with Crippen LogP contribution in [-0.2, 0) is 15.4 Å².